The maximum atomic E-state index is 2.53. The van der Waals surface area contributed by atoms with Gasteiger partial charge in [-0.2, -0.15) is 0 Å². The molecule has 2 aliphatic carbocycles. The summed E-state index contributed by atoms with van der Waals surface area (Å²) in [6.07, 6.45) is 0. The highest BCUT2D eigenvalue weighted by Crippen LogP contribution is 2.65. The highest BCUT2D eigenvalue weighted by molar-refractivity contribution is 6.02. The normalized spacial score (nSPS) is 14.3. The van der Waals surface area contributed by atoms with E-state index in [9.17, 15) is 0 Å². The van der Waals surface area contributed by atoms with Crippen LogP contribution in [0.15, 0.2) is 231 Å². The van der Waals surface area contributed by atoms with E-state index in [1.54, 1.807) is 0 Å². The van der Waals surface area contributed by atoms with Crippen molar-refractivity contribution < 1.29 is 0 Å². The third kappa shape index (κ3) is 5.02. The average Bonchev–Trinajstić information content (AvgIpc) is 3.78. The number of hydrogen-bond donors (Lipinski definition) is 0. The molecular weight excluding hydrogens is 773 g/mol. The molecule has 10 aromatic rings. The van der Waals surface area contributed by atoms with Gasteiger partial charge in [0.25, 0.3) is 0 Å². The van der Waals surface area contributed by atoms with E-state index in [0.29, 0.717) is 0 Å². The first-order valence-corrected chi connectivity index (χ1v) is 22.4. The van der Waals surface area contributed by atoms with Crippen molar-refractivity contribution in [1.82, 2.24) is 0 Å². The van der Waals surface area contributed by atoms with Gasteiger partial charge in [-0.3, -0.25) is 0 Å². The number of rotatable bonds is 5. The Balaban J connectivity index is 1.07. The smallest absolute Gasteiger partial charge is 0.0755 e. The van der Waals surface area contributed by atoms with Gasteiger partial charge in [-0.25, -0.2) is 0 Å². The van der Waals surface area contributed by atoms with Crippen molar-refractivity contribution in [3.63, 3.8) is 0 Å². The van der Waals surface area contributed by atoms with Gasteiger partial charge in [0, 0.05) is 28.0 Å². The van der Waals surface area contributed by atoms with Gasteiger partial charge in [-0.1, -0.05) is 190 Å². The number of hydrogen-bond acceptors (Lipinski definition) is 2. The topological polar surface area (TPSA) is 6.48 Å². The third-order valence-electron chi connectivity index (χ3n) is 14.5. The van der Waals surface area contributed by atoms with E-state index in [1.807, 2.05) is 0 Å². The van der Waals surface area contributed by atoms with Crippen molar-refractivity contribution >= 4 is 44.9 Å². The van der Waals surface area contributed by atoms with E-state index in [0.717, 1.165) is 22.7 Å². The molecule has 1 aliphatic heterocycles. The Labute approximate surface area is 375 Å². The van der Waals surface area contributed by atoms with Crippen molar-refractivity contribution in [2.75, 3.05) is 9.80 Å². The number of fused-ring (bicyclic) bond motifs is 13. The van der Waals surface area contributed by atoms with Crippen molar-refractivity contribution in [1.29, 1.82) is 0 Å². The van der Waals surface area contributed by atoms with Gasteiger partial charge < -0.3 is 9.80 Å². The largest absolute Gasteiger partial charge is 0.310 e. The minimum Gasteiger partial charge on any atom is -0.310 e. The summed E-state index contributed by atoms with van der Waals surface area (Å²) in [4.78, 5) is 4.98. The lowest BCUT2D eigenvalue weighted by atomic mass is 9.64. The van der Waals surface area contributed by atoms with Gasteiger partial charge in [-0.15, -0.1) is 0 Å². The van der Waals surface area contributed by atoms with E-state index in [2.05, 4.69) is 254 Å². The van der Waals surface area contributed by atoms with Crippen LogP contribution >= 0.6 is 0 Å². The molecule has 0 aromatic heterocycles. The van der Waals surface area contributed by atoms with Crippen molar-refractivity contribution in [3.05, 3.63) is 264 Å². The Morgan fingerprint density at radius 3 is 1.69 bits per heavy atom. The lowest BCUT2D eigenvalue weighted by Crippen LogP contribution is -2.36. The lowest BCUT2D eigenvalue weighted by Gasteiger charge is -2.45. The fraction of sp³-hybridized carbons (Fsp3) is 0.0645. The molecule has 2 heteroatoms. The summed E-state index contributed by atoms with van der Waals surface area (Å²) in [5, 5.41) is 2.51. The van der Waals surface area contributed by atoms with E-state index >= 15 is 0 Å². The van der Waals surface area contributed by atoms with Crippen molar-refractivity contribution in [2.24, 2.45) is 0 Å². The zero-order chi connectivity index (χ0) is 42.6. The second kappa shape index (κ2) is 13.8. The first-order chi connectivity index (χ1) is 31.5. The molecule has 0 amide bonds. The first kappa shape index (κ1) is 36.7. The zero-order valence-electron chi connectivity index (χ0n) is 35.8. The van der Waals surface area contributed by atoms with Crippen LogP contribution in [-0.4, -0.2) is 0 Å². The van der Waals surface area contributed by atoms with E-state index in [-0.39, 0.29) is 5.41 Å². The molecule has 0 saturated carbocycles. The molecule has 1 spiro atoms. The maximum Gasteiger partial charge on any atom is 0.0755 e. The van der Waals surface area contributed by atoms with Crippen LogP contribution in [0.3, 0.4) is 0 Å². The highest BCUT2D eigenvalue weighted by atomic mass is 15.2. The zero-order valence-corrected chi connectivity index (χ0v) is 35.8. The van der Waals surface area contributed by atoms with E-state index < -0.39 is 5.41 Å². The third-order valence-corrected chi connectivity index (χ3v) is 14.5. The minimum atomic E-state index is -0.564. The number of nitrogens with zero attached hydrogens (tertiary/aromatic N) is 2. The van der Waals surface area contributed by atoms with Crippen molar-refractivity contribution in [2.45, 2.75) is 24.7 Å². The molecule has 0 saturated heterocycles. The van der Waals surface area contributed by atoms with Gasteiger partial charge in [0.15, 0.2) is 0 Å². The summed E-state index contributed by atoms with van der Waals surface area (Å²) in [5.41, 5.74) is 21.7. The van der Waals surface area contributed by atoms with Crippen LogP contribution in [0.1, 0.15) is 47.2 Å². The van der Waals surface area contributed by atoms with Crippen LogP contribution in [0.25, 0.3) is 44.2 Å². The second-order valence-electron chi connectivity index (χ2n) is 18.0. The van der Waals surface area contributed by atoms with Gasteiger partial charge in [-0.05, 0) is 127 Å². The Morgan fingerprint density at radius 2 is 0.922 bits per heavy atom. The molecule has 0 N–H and O–H groups in total. The van der Waals surface area contributed by atoms with Crippen LogP contribution in [0.2, 0.25) is 0 Å². The molecule has 10 aromatic carbocycles. The van der Waals surface area contributed by atoms with Gasteiger partial charge in [0.2, 0.25) is 0 Å². The number of benzene rings is 10. The van der Waals surface area contributed by atoms with E-state index in [1.165, 1.54) is 88.9 Å². The summed E-state index contributed by atoms with van der Waals surface area (Å²) in [6, 6.07) is 85.8. The van der Waals surface area contributed by atoms with Crippen LogP contribution in [0, 0.1) is 0 Å². The summed E-state index contributed by atoms with van der Waals surface area (Å²) >= 11 is 0. The quantitative estimate of drug-likeness (QED) is 0.171. The summed E-state index contributed by atoms with van der Waals surface area (Å²) in [6.45, 7) is 4.75. The van der Waals surface area contributed by atoms with Gasteiger partial charge in [0.05, 0.1) is 22.5 Å². The molecule has 1 heterocycles. The maximum absolute atomic E-state index is 2.53. The average molecular weight is 817 g/mol. The molecule has 302 valence electrons. The molecule has 3 aliphatic rings. The predicted molar refractivity (Wildman–Crippen MR) is 267 cm³/mol. The molecule has 0 atom stereocenters. The standard InChI is InChI=1S/C62H44N2/c1-61(2)51-26-10-8-23-48(51)49-39-38-45(40-56(49)61)63(44-36-34-42(35-37-44)47-25-16-19-41-18-6-7-22-46(41)47)59-33-17-30-55-60(59)50-24-9-11-27-52(50)62(55)53-28-12-14-31-57(53)64(43-20-4-3-5-21-43)58-32-15-13-29-54(58)62/h3-40H,1-2H3. The van der Waals surface area contributed by atoms with Crippen LogP contribution in [0.4, 0.5) is 34.1 Å². The van der Waals surface area contributed by atoms with E-state index in [4.69, 9.17) is 0 Å². The fourth-order valence-electron chi connectivity index (χ4n) is 11.7. The van der Waals surface area contributed by atoms with Crippen LogP contribution < -0.4 is 9.80 Å². The number of para-hydroxylation sites is 3. The van der Waals surface area contributed by atoms with Gasteiger partial charge >= 0.3 is 0 Å². The SMILES string of the molecule is CC1(C)c2ccccc2-c2ccc(N(c3ccc(-c4cccc5ccccc45)cc3)c3cccc4c3-c3ccccc3C43c4ccccc4N(c4ccccc4)c4ccccc43)cc21. The molecular formula is C62H44N2. The fourth-order valence-corrected chi connectivity index (χ4v) is 11.7. The Kier molecular flexibility index (Phi) is 7.90. The van der Waals surface area contributed by atoms with Crippen molar-refractivity contribution in [3.8, 4) is 33.4 Å². The molecule has 64 heavy (non-hydrogen) atoms. The van der Waals surface area contributed by atoms with Crippen LogP contribution in [0.5, 0.6) is 0 Å². The molecule has 13 rings (SSSR count). The highest BCUT2D eigenvalue weighted by Gasteiger charge is 2.52. The monoisotopic (exact) mass is 816 g/mol. The Hall–Kier alpha value is -7.94. The summed E-state index contributed by atoms with van der Waals surface area (Å²) in [7, 11) is 0. The van der Waals surface area contributed by atoms with Crippen LogP contribution in [-0.2, 0) is 10.8 Å². The Morgan fingerprint density at radius 1 is 0.375 bits per heavy atom. The van der Waals surface area contributed by atoms with Gasteiger partial charge in [0.1, 0.15) is 0 Å². The molecule has 0 bridgehead atoms. The first-order valence-electron chi connectivity index (χ1n) is 22.4. The predicted octanol–water partition coefficient (Wildman–Crippen LogP) is 16.4. The Bertz CT molecular complexity index is 3440. The molecule has 0 radical (unpaired) electrons. The summed E-state index contributed by atoms with van der Waals surface area (Å²) in [5.74, 6) is 0. The molecule has 2 nitrogen and oxygen atoms in total. The summed E-state index contributed by atoms with van der Waals surface area (Å²) < 4.78 is 0. The molecule has 0 fully saturated rings. The minimum absolute atomic E-state index is 0.152. The number of anilines is 6. The second-order valence-corrected chi connectivity index (χ2v) is 18.0. The molecule has 0 unspecified atom stereocenters. The lowest BCUT2D eigenvalue weighted by molar-refractivity contribution is 0.660.